The van der Waals surface area contributed by atoms with E-state index in [4.69, 9.17) is 0 Å². The lowest BCUT2D eigenvalue weighted by molar-refractivity contribution is -0.117. The first-order valence-electron chi connectivity index (χ1n) is 8.70. The fourth-order valence-corrected chi connectivity index (χ4v) is 3.14. The van der Waals surface area contributed by atoms with E-state index >= 15 is 0 Å². The minimum atomic E-state index is -0.442. The van der Waals surface area contributed by atoms with Gasteiger partial charge in [-0.3, -0.25) is 4.79 Å². The number of amides is 1. The lowest BCUT2D eigenvalue weighted by Gasteiger charge is -2.19. The summed E-state index contributed by atoms with van der Waals surface area (Å²) in [6, 6.07) is 28.5. The van der Waals surface area contributed by atoms with E-state index in [2.05, 4.69) is 26.6 Å². The second kappa shape index (κ2) is 9.54. The Morgan fingerprint density at radius 2 is 1.54 bits per heavy atom. The zero-order valence-electron chi connectivity index (χ0n) is 15.0. The van der Waals surface area contributed by atoms with E-state index in [1.807, 2.05) is 91.0 Å². The molecular weight excluding hydrogens is 414 g/mol. The van der Waals surface area contributed by atoms with Crippen LogP contribution in [0.5, 0.6) is 0 Å². The van der Waals surface area contributed by atoms with Gasteiger partial charge in [-0.15, -0.1) is 0 Å². The molecule has 0 fully saturated rings. The highest BCUT2D eigenvalue weighted by atomic mass is 79.9. The van der Waals surface area contributed by atoms with Gasteiger partial charge in [0, 0.05) is 16.4 Å². The third-order valence-corrected chi connectivity index (χ3v) is 4.61. The van der Waals surface area contributed by atoms with Crippen molar-refractivity contribution in [3.8, 4) is 6.07 Å². The van der Waals surface area contributed by atoms with Gasteiger partial charge in [0.05, 0.1) is 6.04 Å². The molecule has 0 atom stereocenters. The van der Waals surface area contributed by atoms with Crippen molar-refractivity contribution in [1.82, 2.24) is 5.32 Å². The average molecular weight is 432 g/mol. The Labute approximate surface area is 172 Å². The number of carbonyl (C=O) groups excluding carboxylic acids is 1. The summed E-state index contributed by atoms with van der Waals surface area (Å²) in [7, 11) is 0. The zero-order chi connectivity index (χ0) is 19.8. The standard InChI is InChI=1S/C23H18BrN3O/c24-20-12-7-13-21(14-20)26-16-19(15-25)23(28)27-22(17-8-3-1-4-9-17)18-10-5-2-6-11-18/h1-14,16,22,26H,(H,27,28)/b19-16-. The second-order valence-corrected chi connectivity index (χ2v) is 6.97. The molecule has 1 amide bonds. The number of hydrogen-bond acceptors (Lipinski definition) is 3. The molecule has 0 saturated carbocycles. The average Bonchev–Trinajstić information content (AvgIpc) is 2.74. The van der Waals surface area contributed by atoms with Gasteiger partial charge in [-0.25, -0.2) is 0 Å². The van der Waals surface area contributed by atoms with E-state index in [-0.39, 0.29) is 11.6 Å². The number of hydrogen-bond donors (Lipinski definition) is 2. The quantitative estimate of drug-likeness (QED) is 0.417. The number of rotatable bonds is 6. The summed E-state index contributed by atoms with van der Waals surface area (Å²) in [4.78, 5) is 12.8. The van der Waals surface area contributed by atoms with Gasteiger partial charge in [-0.05, 0) is 29.3 Å². The predicted molar refractivity (Wildman–Crippen MR) is 114 cm³/mol. The summed E-state index contributed by atoms with van der Waals surface area (Å²) in [6.45, 7) is 0. The Hall–Kier alpha value is -3.36. The van der Waals surface area contributed by atoms with Crippen LogP contribution in [0.1, 0.15) is 17.2 Å². The van der Waals surface area contributed by atoms with Gasteiger partial charge < -0.3 is 10.6 Å². The van der Waals surface area contributed by atoms with Crippen molar-refractivity contribution in [3.63, 3.8) is 0 Å². The molecule has 5 heteroatoms. The van der Waals surface area contributed by atoms with Crippen LogP contribution in [0.15, 0.2) is 101 Å². The molecule has 0 radical (unpaired) electrons. The van der Waals surface area contributed by atoms with Crippen LogP contribution >= 0.6 is 15.9 Å². The first-order chi connectivity index (χ1) is 13.7. The SMILES string of the molecule is N#C/C(=C/Nc1cccc(Br)c1)C(=O)NC(c1ccccc1)c1ccccc1. The van der Waals surface area contributed by atoms with Gasteiger partial charge in [0.15, 0.2) is 0 Å². The van der Waals surface area contributed by atoms with Crippen molar-refractivity contribution in [2.75, 3.05) is 5.32 Å². The fourth-order valence-electron chi connectivity index (χ4n) is 2.74. The first-order valence-corrected chi connectivity index (χ1v) is 9.50. The van der Waals surface area contributed by atoms with Crippen molar-refractivity contribution in [2.45, 2.75) is 6.04 Å². The van der Waals surface area contributed by atoms with Gasteiger partial charge in [0.2, 0.25) is 0 Å². The molecular formula is C23H18BrN3O. The Kier molecular flexibility index (Phi) is 6.61. The first kappa shape index (κ1) is 19.4. The molecule has 0 aromatic heterocycles. The van der Waals surface area contributed by atoms with Crippen LogP contribution in [-0.2, 0) is 4.79 Å². The molecule has 3 aromatic carbocycles. The lowest BCUT2D eigenvalue weighted by Crippen LogP contribution is -2.30. The van der Waals surface area contributed by atoms with Gasteiger partial charge in [-0.1, -0.05) is 82.7 Å². The van der Waals surface area contributed by atoms with E-state index in [0.29, 0.717) is 0 Å². The van der Waals surface area contributed by atoms with Gasteiger partial charge in [0.25, 0.3) is 5.91 Å². The summed E-state index contributed by atoms with van der Waals surface area (Å²) in [5.74, 6) is -0.442. The van der Waals surface area contributed by atoms with Crippen molar-refractivity contribution in [2.24, 2.45) is 0 Å². The summed E-state index contributed by atoms with van der Waals surface area (Å²) in [6.07, 6.45) is 1.42. The molecule has 3 rings (SSSR count). The Morgan fingerprint density at radius 3 is 2.07 bits per heavy atom. The van der Waals surface area contributed by atoms with Crippen molar-refractivity contribution >= 4 is 27.5 Å². The monoisotopic (exact) mass is 431 g/mol. The van der Waals surface area contributed by atoms with Crippen LogP contribution in [-0.4, -0.2) is 5.91 Å². The second-order valence-electron chi connectivity index (χ2n) is 6.05. The van der Waals surface area contributed by atoms with Crippen LogP contribution in [0, 0.1) is 11.3 Å². The molecule has 0 heterocycles. The topological polar surface area (TPSA) is 64.9 Å². The third kappa shape index (κ3) is 5.09. The Bertz CT molecular complexity index is 971. The highest BCUT2D eigenvalue weighted by molar-refractivity contribution is 9.10. The molecule has 0 saturated heterocycles. The maximum atomic E-state index is 12.8. The number of anilines is 1. The molecule has 0 aliphatic heterocycles. The molecule has 4 nitrogen and oxygen atoms in total. The zero-order valence-corrected chi connectivity index (χ0v) is 16.6. The number of nitriles is 1. The highest BCUT2D eigenvalue weighted by Crippen LogP contribution is 2.22. The maximum absolute atomic E-state index is 12.8. The summed E-state index contributed by atoms with van der Waals surface area (Å²) in [5, 5.41) is 15.4. The molecule has 138 valence electrons. The highest BCUT2D eigenvalue weighted by Gasteiger charge is 2.19. The van der Waals surface area contributed by atoms with Gasteiger partial charge >= 0.3 is 0 Å². The third-order valence-electron chi connectivity index (χ3n) is 4.11. The van der Waals surface area contributed by atoms with Crippen LogP contribution in [0.2, 0.25) is 0 Å². The Balaban J connectivity index is 1.82. The summed E-state index contributed by atoms with van der Waals surface area (Å²) in [5.41, 5.74) is 2.66. The predicted octanol–water partition coefficient (Wildman–Crippen LogP) is 5.17. The number of carbonyl (C=O) groups is 1. The number of nitrogens with one attached hydrogen (secondary N) is 2. The molecule has 3 aromatic rings. The molecule has 2 N–H and O–H groups in total. The number of benzene rings is 3. The van der Waals surface area contributed by atoms with E-state index < -0.39 is 5.91 Å². The van der Waals surface area contributed by atoms with Crippen molar-refractivity contribution in [1.29, 1.82) is 5.26 Å². The van der Waals surface area contributed by atoms with E-state index in [1.54, 1.807) is 0 Å². The smallest absolute Gasteiger partial charge is 0.264 e. The van der Waals surface area contributed by atoms with E-state index in [9.17, 15) is 10.1 Å². The normalized spacial score (nSPS) is 11.0. The maximum Gasteiger partial charge on any atom is 0.264 e. The minimum absolute atomic E-state index is 0.00293. The fraction of sp³-hybridized carbons (Fsp3) is 0.0435. The van der Waals surface area contributed by atoms with Crippen LogP contribution in [0.3, 0.4) is 0 Å². The van der Waals surface area contributed by atoms with E-state index in [0.717, 1.165) is 21.3 Å². The summed E-state index contributed by atoms with van der Waals surface area (Å²) >= 11 is 3.39. The molecule has 0 unspecified atom stereocenters. The molecule has 28 heavy (non-hydrogen) atoms. The minimum Gasteiger partial charge on any atom is -0.360 e. The molecule has 0 aliphatic rings. The van der Waals surface area contributed by atoms with Gasteiger partial charge in [-0.2, -0.15) is 5.26 Å². The largest absolute Gasteiger partial charge is 0.360 e. The Morgan fingerprint density at radius 1 is 0.929 bits per heavy atom. The number of halogens is 1. The van der Waals surface area contributed by atoms with Crippen LogP contribution in [0.25, 0.3) is 0 Å². The summed E-state index contributed by atoms with van der Waals surface area (Å²) < 4.78 is 0.905. The molecule has 0 spiro atoms. The van der Waals surface area contributed by atoms with E-state index in [1.165, 1.54) is 6.20 Å². The molecule has 0 aliphatic carbocycles. The lowest BCUT2D eigenvalue weighted by atomic mass is 9.98. The number of nitrogens with zero attached hydrogens (tertiary/aromatic N) is 1. The molecule has 0 bridgehead atoms. The van der Waals surface area contributed by atoms with Gasteiger partial charge in [0.1, 0.15) is 11.6 Å². The van der Waals surface area contributed by atoms with Crippen molar-refractivity contribution < 1.29 is 4.79 Å². The van der Waals surface area contributed by atoms with Crippen LogP contribution in [0.4, 0.5) is 5.69 Å². The van der Waals surface area contributed by atoms with Crippen LogP contribution < -0.4 is 10.6 Å². The van der Waals surface area contributed by atoms with Crippen molar-refractivity contribution in [3.05, 3.63) is 112 Å².